The molecule has 0 atom stereocenters. The minimum absolute atomic E-state index is 0.0920. The molecule has 2 aromatic carbocycles. The third-order valence-corrected chi connectivity index (χ3v) is 3.59. The molecular formula is C14H12Cl2O2. The van der Waals surface area contributed by atoms with Gasteiger partial charge in [0.1, 0.15) is 11.5 Å². The Morgan fingerprint density at radius 3 is 1.56 bits per heavy atom. The SMILES string of the molecule is CC(c1c(O)cccc1Cl)c1c(O)cccc1Cl. The van der Waals surface area contributed by atoms with Gasteiger partial charge in [-0.25, -0.2) is 0 Å². The third kappa shape index (κ3) is 2.26. The summed E-state index contributed by atoms with van der Waals surface area (Å²) in [6.07, 6.45) is 0. The number of aromatic hydroxyl groups is 2. The van der Waals surface area contributed by atoms with E-state index in [1.54, 1.807) is 36.4 Å². The summed E-state index contributed by atoms with van der Waals surface area (Å²) in [5, 5.41) is 20.7. The van der Waals surface area contributed by atoms with E-state index in [1.165, 1.54) is 0 Å². The van der Waals surface area contributed by atoms with Crippen molar-refractivity contribution in [3.63, 3.8) is 0 Å². The first kappa shape index (κ1) is 13.1. The van der Waals surface area contributed by atoms with E-state index in [1.807, 2.05) is 6.92 Å². The predicted octanol–water partition coefficient (Wildman–Crippen LogP) is 4.56. The molecule has 0 bridgehead atoms. The minimum atomic E-state index is -0.299. The maximum absolute atomic E-state index is 9.90. The summed E-state index contributed by atoms with van der Waals surface area (Å²) in [7, 11) is 0. The highest BCUT2D eigenvalue weighted by molar-refractivity contribution is 6.32. The van der Waals surface area contributed by atoms with E-state index in [0.29, 0.717) is 21.2 Å². The fourth-order valence-corrected chi connectivity index (χ4v) is 2.72. The van der Waals surface area contributed by atoms with E-state index >= 15 is 0 Å². The number of halogens is 2. The predicted molar refractivity (Wildman–Crippen MR) is 73.8 cm³/mol. The van der Waals surface area contributed by atoms with Crippen molar-refractivity contribution >= 4 is 23.2 Å². The van der Waals surface area contributed by atoms with Crippen LogP contribution < -0.4 is 0 Å². The van der Waals surface area contributed by atoms with E-state index in [9.17, 15) is 10.2 Å². The summed E-state index contributed by atoms with van der Waals surface area (Å²) < 4.78 is 0. The van der Waals surface area contributed by atoms with Crippen LogP contribution in [-0.2, 0) is 0 Å². The van der Waals surface area contributed by atoms with Crippen LogP contribution in [-0.4, -0.2) is 10.2 Å². The van der Waals surface area contributed by atoms with Gasteiger partial charge in [0, 0.05) is 27.1 Å². The van der Waals surface area contributed by atoms with Gasteiger partial charge >= 0.3 is 0 Å². The summed E-state index contributed by atoms with van der Waals surface area (Å²) in [5.74, 6) is -0.115. The van der Waals surface area contributed by atoms with Crippen LogP contribution in [0, 0.1) is 0 Å². The smallest absolute Gasteiger partial charge is 0.120 e. The lowest BCUT2D eigenvalue weighted by atomic mass is 9.91. The molecule has 2 rings (SSSR count). The molecule has 0 fully saturated rings. The molecule has 0 unspecified atom stereocenters. The average molecular weight is 283 g/mol. The van der Waals surface area contributed by atoms with E-state index in [-0.39, 0.29) is 17.4 Å². The molecule has 0 spiro atoms. The highest BCUT2D eigenvalue weighted by Gasteiger charge is 2.21. The molecule has 0 aromatic heterocycles. The molecule has 0 radical (unpaired) electrons. The topological polar surface area (TPSA) is 40.5 Å². The number of phenols is 2. The largest absolute Gasteiger partial charge is 0.508 e. The quantitative estimate of drug-likeness (QED) is 0.848. The molecule has 2 nitrogen and oxygen atoms in total. The standard InChI is InChI=1S/C14H12Cl2O2/c1-8(13-9(15)4-2-6-11(13)17)14-10(16)5-3-7-12(14)18/h2-8,17-18H,1H3. The first-order valence-electron chi connectivity index (χ1n) is 5.47. The van der Waals surface area contributed by atoms with Crippen molar-refractivity contribution in [2.45, 2.75) is 12.8 Å². The van der Waals surface area contributed by atoms with Crippen LogP contribution in [0.4, 0.5) is 0 Å². The molecule has 0 aliphatic heterocycles. The Balaban J connectivity index is 2.58. The zero-order chi connectivity index (χ0) is 13.3. The molecule has 4 heteroatoms. The number of benzene rings is 2. The minimum Gasteiger partial charge on any atom is -0.508 e. The maximum atomic E-state index is 9.90. The van der Waals surface area contributed by atoms with Gasteiger partial charge in [-0.3, -0.25) is 0 Å². The number of hydrogen-bond donors (Lipinski definition) is 2. The zero-order valence-corrected chi connectivity index (χ0v) is 11.2. The Kier molecular flexibility index (Phi) is 3.69. The van der Waals surface area contributed by atoms with Crippen molar-refractivity contribution in [3.05, 3.63) is 57.6 Å². The normalized spacial score (nSPS) is 10.9. The highest BCUT2D eigenvalue weighted by Crippen LogP contribution is 2.42. The van der Waals surface area contributed by atoms with Crippen LogP contribution in [0.5, 0.6) is 11.5 Å². The van der Waals surface area contributed by atoms with Crippen molar-refractivity contribution in [2.24, 2.45) is 0 Å². The lowest BCUT2D eigenvalue weighted by Crippen LogP contribution is -1.99. The van der Waals surface area contributed by atoms with E-state index in [0.717, 1.165) is 0 Å². The Labute approximate surface area is 115 Å². The van der Waals surface area contributed by atoms with Gasteiger partial charge in [0.25, 0.3) is 0 Å². The summed E-state index contributed by atoms with van der Waals surface area (Å²) in [6.45, 7) is 1.84. The first-order valence-corrected chi connectivity index (χ1v) is 6.22. The van der Waals surface area contributed by atoms with Gasteiger partial charge in [-0.05, 0) is 24.3 Å². The zero-order valence-electron chi connectivity index (χ0n) is 9.69. The Morgan fingerprint density at radius 2 is 1.22 bits per heavy atom. The molecule has 0 saturated heterocycles. The number of hydrogen-bond acceptors (Lipinski definition) is 2. The lowest BCUT2D eigenvalue weighted by Gasteiger charge is -2.18. The first-order chi connectivity index (χ1) is 8.52. The summed E-state index contributed by atoms with van der Waals surface area (Å²) >= 11 is 12.2. The van der Waals surface area contributed by atoms with Gasteiger partial charge in [0.2, 0.25) is 0 Å². The molecule has 18 heavy (non-hydrogen) atoms. The van der Waals surface area contributed by atoms with Crippen LogP contribution in [0.3, 0.4) is 0 Å². The van der Waals surface area contributed by atoms with Gasteiger partial charge in [0.05, 0.1) is 0 Å². The molecule has 0 heterocycles. The maximum Gasteiger partial charge on any atom is 0.120 e. The van der Waals surface area contributed by atoms with E-state index < -0.39 is 0 Å². The Hall–Kier alpha value is -1.38. The lowest BCUT2D eigenvalue weighted by molar-refractivity contribution is 0.457. The molecule has 94 valence electrons. The molecule has 0 aliphatic rings. The van der Waals surface area contributed by atoms with Crippen LogP contribution in [0.2, 0.25) is 10.0 Å². The van der Waals surface area contributed by atoms with Crippen LogP contribution in [0.25, 0.3) is 0 Å². The Bertz CT molecular complexity index is 490. The molecule has 0 aliphatic carbocycles. The fraction of sp³-hybridized carbons (Fsp3) is 0.143. The van der Waals surface area contributed by atoms with Crippen LogP contribution in [0.1, 0.15) is 24.0 Å². The second kappa shape index (κ2) is 5.09. The van der Waals surface area contributed by atoms with Crippen molar-refractivity contribution in [2.75, 3.05) is 0 Å². The second-order valence-corrected chi connectivity index (χ2v) is 4.88. The fourth-order valence-electron chi connectivity index (χ4n) is 2.05. The Morgan fingerprint density at radius 1 is 0.833 bits per heavy atom. The summed E-state index contributed by atoms with van der Waals surface area (Å²) in [6, 6.07) is 9.85. The average Bonchev–Trinajstić information content (AvgIpc) is 2.28. The van der Waals surface area contributed by atoms with Crippen molar-refractivity contribution in [1.82, 2.24) is 0 Å². The highest BCUT2D eigenvalue weighted by atomic mass is 35.5. The summed E-state index contributed by atoms with van der Waals surface area (Å²) in [4.78, 5) is 0. The van der Waals surface area contributed by atoms with Gasteiger partial charge in [-0.2, -0.15) is 0 Å². The van der Waals surface area contributed by atoms with Gasteiger partial charge in [0.15, 0.2) is 0 Å². The van der Waals surface area contributed by atoms with Crippen LogP contribution >= 0.6 is 23.2 Å². The van der Waals surface area contributed by atoms with Crippen LogP contribution in [0.15, 0.2) is 36.4 Å². The second-order valence-electron chi connectivity index (χ2n) is 4.07. The molecule has 2 aromatic rings. The molecule has 0 saturated carbocycles. The third-order valence-electron chi connectivity index (χ3n) is 2.93. The number of rotatable bonds is 2. The number of phenolic OH excluding ortho intramolecular Hbond substituents is 2. The summed E-state index contributed by atoms with van der Waals surface area (Å²) in [5.41, 5.74) is 1.12. The van der Waals surface area contributed by atoms with Gasteiger partial charge in [-0.15, -0.1) is 0 Å². The van der Waals surface area contributed by atoms with Crippen molar-refractivity contribution in [3.8, 4) is 11.5 Å². The molecular weight excluding hydrogens is 271 g/mol. The van der Waals surface area contributed by atoms with E-state index in [2.05, 4.69) is 0 Å². The molecule has 0 amide bonds. The van der Waals surface area contributed by atoms with Crippen molar-refractivity contribution < 1.29 is 10.2 Å². The van der Waals surface area contributed by atoms with Gasteiger partial charge < -0.3 is 10.2 Å². The van der Waals surface area contributed by atoms with Crippen molar-refractivity contribution in [1.29, 1.82) is 0 Å². The monoisotopic (exact) mass is 282 g/mol. The van der Waals surface area contributed by atoms with E-state index in [4.69, 9.17) is 23.2 Å². The van der Waals surface area contributed by atoms with Gasteiger partial charge in [-0.1, -0.05) is 42.3 Å². The molecule has 2 N–H and O–H groups in total.